The van der Waals surface area contributed by atoms with Gasteiger partial charge in [0.1, 0.15) is 0 Å². The minimum absolute atomic E-state index is 0.903. The van der Waals surface area contributed by atoms with Gasteiger partial charge in [0.25, 0.3) is 0 Å². The van der Waals surface area contributed by atoms with Crippen molar-refractivity contribution in [2.75, 3.05) is 18.1 Å². The van der Waals surface area contributed by atoms with Crippen molar-refractivity contribution in [1.29, 1.82) is 0 Å². The topological polar surface area (TPSA) is 24.4 Å². The molecule has 2 aliphatic rings. The minimum atomic E-state index is 0.903. The van der Waals surface area contributed by atoms with Gasteiger partial charge in [-0.2, -0.15) is 16.9 Å². The van der Waals surface area contributed by atoms with Gasteiger partial charge in [-0.15, -0.1) is 0 Å². The maximum Gasteiger partial charge on any atom is 0.0477 e. The van der Waals surface area contributed by atoms with Crippen LogP contribution in [0.25, 0.3) is 0 Å². The highest BCUT2D eigenvalue weighted by Gasteiger charge is 2.31. The molecule has 1 aliphatic heterocycles. The second kappa shape index (κ2) is 4.36. The van der Waals surface area contributed by atoms with Gasteiger partial charge in [-0.1, -0.05) is 6.92 Å². The lowest BCUT2D eigenvalue weighted by atomic mass is 10.2. The number of hydrogen-bond donors (Lipinski definition) is 1. The Morgan fingerprint density at radius 1 is 1.62 bits per heavy atom. The van der Waals surface area contributed by atoms with Crippen LogP contribution in [0.2, 0.25) is 0 Å². The average Bonchev–Trinajstić information content (AvgIpc) is 2.84. The summed E-state index contributed by atoms with van der Waals surface area (Å²) >= 11 is 2.01. The zero-order valence-electron chi connectivity index (χ0n) is 8.25. The molecule has 1 saturated heterocycles. The van der Waals surface area contributed by atoms with E-state index in [0.717, 1.165) is 24.1 Å². The Bertz CT molecular complexity index is 195. The van der Waals surface area contributed by atoms with Crippen molar-refractivity contribution in [2.24, 2.45) is 16.9 Å². The summed E-state index contributed by atoms with van der Waals surface area (Å²) < 4.78 is 0. The molecule has 1 N–H and O–H groups in total. The molecule has 0 radical (unpaired) electrons. The third-order valence-corrected chi connectivity index (χ3v) is 4.00. The molecule has 74 valence electrons. The van der Waals surface area contributed by atoms with Gasteiger partial charge in [-0.3, -0.25) is 0 Å². The van der Waals surface area contributed by atoms with Gasteiger partial charge in [-0.25, -0.2) is 0 Å². The maximum atomic E-state index is 4.44. The first kappa shape index (κ1) is 9.38. The van der Waals surface area contributed by atoms with Gasteiger partial charge >= 0.3 is 0 Å². The van der Waals surface area contributed by atoms with Gasteiger partial charge < -0.3 is 5.43 Å². The van der Waals surface area contributed by atoms with Gasteiger partial charge in [0.2, 0.25) is 0 Å². The van der Waals surface area contributed by atoms with Crippen LogP contribution in [-0.4, -0.2) is 23.8 Å². The zero-order valence-corrected chi connectivity index (χ0v) is 9.07. The van der Waals surface area contributed by atoms with Crippen LogP contribution in [0.1, 0.15) is 26.2 Å². The van der Waals surface area contributed by atoms with Crippen molar-refractivity contribution in [3.05, 3.63) is 0 Å². The zero-order chi connectivity index (χ0) is 9.10. The van der Waals surface area contributed by atoms with Gasteiger partial charge in [-0.05, 0) is 36.9 Å². The standard InChI is InChI=1S/C10H18N2S/c1-8-5-9(8)6-11-12-10-3-2-4-13-7-10/h8-9,11H,2-7H2,1H3/b12-10-. The molecule has 0 aromatic heterocycles. The first-order chi connectivity index (χ1) is 6.36. The summed E-state index contributed by atoms with van der Waals surface area (Å²) in [7, 11) is 0. The monoisotopic (exact) mass is 198 g/mol. The Balaban J connectivity index is 1.64. The van der Waals surface area contributed by atoms with Crippen LogP contribution in [0.3, 0.4) is 0 Å². The molecule has 0 spiro atoms. The van der Waals surface area contributed by atoms with E-state index in [1.807, 2.05) is 11.8 Å². The molecule has 2 fully saturated rings. The summed E-state index contributed by atoms with van der Waals surface area (Å²) in [6.07, 6.45) is 3.91. The Morgan fingerprint density at radius 2 is 2.46 bits per heavy atom. The number of nitrogens with one attached hydrogen (secondary N) is 1. The van der Waals surface area contributed by atoms with E-state index in [1.54, 1.807) is 0 Å². The molecule has 1 heterocycles. The lowest BCUT2D eigenvalue weighted by Gasteiger charge is -2.12. The predicted molar refractivity (Wildman–Crippen MR) is 59.3 cm³/mol. The fourth-order valence-electron chi connectivity index (χ4n) is 1.69. The second-order valence-electron chi connectivity index (χ2n) is 4.17. The molecule has 2 unspecified atom stereocenters. The molecular formula is C10H18N2S. The van der Waals surface area contributed by atoms with E-state index in [-0.39, 0.29) is 0 Å². The van der Waals surface area contributed by atoms with E-state index >= 15 is 0 Å². The third-order valence-electron chi connectivity index (χ3n) is 2.89. The first-order valence-corrected chi connectivity index (χ1v) is 6.38. The van der Waals surface area contributed by atoms with Crippen LogP contribution in [0.15, 0.2) is 5.10 Å². The summed E-state index contributed by atoms with van der Waals surface area (Å²) in [5, 5.41) is 4.44. The summed E-state index contributed by atoms with van der Waals surface area (Å²) in [5.74, 6) is 4.31. The van der Waals surface area contributed by atoms with E-state index in [1.165, 1.54) is 30.7 Å². The molecule has 13 heavy (non-hydrogen) atoms. The number of hydrogen-bond acceptors (Lipinski definition) is 3. The maximum absolute atomic E-state index is 4.44. The van der Waals surface area contributed by atoms with E-state index in [2.05, 4.69) is 17.5 Å². The molecule has 2 nitrogen and oxygen atoms in total. The fraction of sp³-hybridized carbons (Fsp3) is 0.900. The van der Waals surface area contributed by atoms with Crippen LogP contribution in [-0.2, 0) is 0 Å². The highest BCUT2D eigenvalue weighted by atomic mass is 32.2. The fourth-order valence-corrected chi connectivity index (χ4v) is 2.62. The van der Waals surface area contributed by atoms with Gasteiger partial charge in [0.05, 0.1) is 0 Å². The average molecular weight is 198 g/mol. The summed E-state index contributed by atoms with van der Waals surface area (Å²) in [4.78, 5) is 0. The Morgan fingerprint density at radius 3 is 3.08 bits per heavy atom. The van der Waals surface area contributed by atoms with Crippen LogP contribution >= 0.6 is 11.8 Å². The lowest BCUT2D eigenvalue weighted by Crippen LogP contribution is -2.17. The van der Waals surface area contributed by atoms with Crippen molar-refractivity contribution in [2.45, 2.75) is 26.2 Å². The molecule has 0 amide bonds. The van der Waals surface area contributed by atoms with E-state index in [9.17, 15) is 0 Å². The smallest absolute Gasteiger partial charge is 0.0477 e. The molecule has 1 saturated carbocycles. The molecule has 0 bridgehead atoms. The van der Waals surface area contributed by atoms with Crippen molar-refractivity contribution < 1.29 is 0 Å². The van der Waals surface area contributed by atoms with Crippen LogP contribution in [0.5, 0.6) is 0 Å². The second-order valence-corrected chi connectivity index (χ2v) is 5.27. The minimum Gasteiger partial charge on any atom is -0.310 e. The molecule has 0 aromatic rings. The van der Waals surface area contributed by atoms with Gasteiger partial charge in [0.15, 0.2) is 0 Å². The number of nitrogens with zero attached hydrogens (tertiary/aromatic N) is 1. The summed E-state index contributed by atoms with van der Waals surface area (Å²) in [5.41, 5.74) is 4.59. The number of hydrazone groups is 1. The summed E-state index contributed by atoms with van der Waals surface area (Å²) in [6.45, 7) is 3.41. The van der Waals surface area contributed by atoms with Crippen LogP contribution in [0, 0.1) is 11.8 Å². The SMILES string of the molecule is CC1CC1CN/N=C1/CCCSC1. The van der Waals surface area contributed by atoms with Crippen LogP contribution in [0.4, 0.5) is 0 Å². The molecular weight excluding hydrogens is 180 g/mol. The molecule has 2 atom stereocenters. The van der Waals surface area contributed by atoms with Crippen molar-refractivity contribution in [3.8, 4) is 0 Å². The Hall–Kier alpha value is -0.180. The van der Waals surface area contributed by atoms with Crippen molar-refractivity contribution >= 4 is 17.5 Å². The highest BCUT2D eigenvalue weighted by molar-refractivity contribution is 8.00. The van der Waals surface area contributed by atoms with E-state index < -0.39 is 0 Å². The normalized spacial score (nSPS) is 36.2. The quantitative estimate of drug-likeness (QED) is 0.702. The molecule has 0 aromatic carbocycles. The molecule has 2 rings (SSSR count). The lowest BCUT2D eigenvalue weighted by molar-refractivity contribution is 0.635. The van der Waals surface area contributed by atoms with E-state index in [0.29, 0.717) is 0 Å². The Kier molecular flexibility index (Phi) is 3.14. The predicted octanol–water partition coefficient (Wildman–Crippen LogP) is 2.12. The van der Waals surface area contributed by atoms with E-state index in [4.69, 9.17) is 0 Å². The third kappa shape index (κ3) is 2.90. The largest absolute Gasteiger partial charge is 0.310 e. The molecule has 3 heteroatoms. The van der Waals surface area contributed by atoms with Crippen molar-refractivity contribution in [3.63, 3.8) is 0 Å². The van der Waals surface area contributed by atoms with Gasteiger partial charge in [0, 0.05) is 18.0 Å². The Labute approximate surface area is 84.6 Å². The van der Waals surface area contributed by atoms with Crippen molar-refractivity contribution in [1.82, 2.24) is 5.43 Å². The summed E-state index contributed by atoms with van der Waals surface area (Å²) in [6, 6.07) is 0. The number of thioether (sulfide) groups is 1. The first-order valence-electron chi connectivity index (χ1n) is 5.22. The highest BCUT2D eigenvalue weighted by Crippen LogP contribution is 2.36. The van der Waals surface area contributed by atoms with Crippen LogP contribution < -0.4 is 5.43 Å². The molecule has 1 aliphatic carbocycles. The number of rotatable bonds is 3.